The van der Waals surface area contributed by atoms with Gasteiger partial charge < -0.3 is 9.84 Å². The topological polar surface area (TPSA) is 51.0 Å². The van der Waals surface area contributed by atoms with Gasteiger partial charge in [0, 0.05) is 12.8 Å². The highest BCUT2D eigenvalue weighted by molar-refractivity contribution is 4.89. The first-order valence-electron chi connectivity index (χ1n) is 4.90. The Kier molecular flexibility index (Phi) is 2.59. The molecule has 1 saturated heterocycles. The molecule has 0 amide bonds. The van der Waals surface area contributed by atoms with E-state index in [4.69, 9.17) is 4.52 Å². The molecule has 0 bridgehead atoms. The zero-order chi connectivity index (χ0) is 9.10. The Morgan fingerprint density at radius 1 is 1.62 bits per heavy atom. The Balaban J connectivity index is 1.92. The predicted octanol–water partition coefficient (Wildman–Crippen LogP) is 0.784. The molecule has 1 N–H and O–H groups in total. The molecule has 4 heteroatoms. The number of aromatic nitrogens is 2. The van der Waals surface area contributed by atoms with Gasteiger partial charge in [0.2, 0.25) is 5.89 Å². The monoisotopic (exact) mass is 181 g/mol. The highest BCUT2D eigenvalue weighted by Crippen LogP contribution is 2.13. The minimum absolute atomic E-state index is 0.685. The van der Waals surface area contributed by atoms with Crippen LogP contribution >= 0.6 is 0 Å². The fraction of sp³-hybridized carbons (Fsp3) is 0.778. The lowest BCUT2D eigenvalue weighted by atomic mass is 10.1. The van der Waals surface area contributed by atoms with E-state index in [0.29, 0.717) is 5.92 Å². The van der Waals surface area contributed by atoms with E-state index in [1.807, 2.05) is 6.92 Å². The van der Waals surface area contributed by atoms with E-state index in [2.05, 4.69) is 15.5 Å². The predicted molar refractivity (Wildman–Crippen MR) is 48.4 cm³/mol. The van der Waals surface area contributed by atoms with Crippen LogP contribution in [0.1, 0.15) is 25.1 Å². The second-order valence-electron chi connectivity index (χ2n) is 3.52. The van der Waals surface area contributed by atoms with E-state index in [1.54, 1.807) is 0 Å². The molecule has 4 nitrogen and oxygen atoms in total. The summed E-state index contributed by atoms with van der Waals surface area (Å²) in [4.78, 5) is 4.29. The molecule has 1 aliphatic rings. The first kappa shape index (κ1) is 8.69. The maximum Gasteiger partial charge on any atom is 0.226 e. The lowest BCUT2D eigenvalue weighted by molar-refractivity contribution is 0.354. The molecule has 0 aromatic carbocycles. The lowest BCUT2D eigenvalue weighted by Crippen LogP contribution is -2.10. The van der Waals surface area contributed by atoms with Crippen molar-refractivity contribution in [3.8, 4) is 0 Å². The van der Waals surface area contributed by atoms with Crippen LogP contribution in [0.2, 0.25) is 0 Å². The van der Waals surface area contributed by atoms with Gasteiger partial charge in [-0.05, 0) is 25.4 Å². The molecule has 72 valence electrons. The Bertz CT molecular complexity index is 266. The van der Waals surface area contributed by atoms with Gasteiger partial charge in [0.25, 0.3) is 0 Å². The van der Waals surface area contributed by atoms with Crippen molar-refractivity contribution >= 4 is 0 Å². The normalized spacial score (nSPS) is 22.4. The second-order valence-corrected chi connectivity index (χ2v) is 3.52. The van der Waals surface area contributed by atoms with E-state index in [1.165, 1.54) is 6.42 Å². The Morgan fingerprint density at radius 2 is 2.54 bits per heavy atom. The quantitative estimate of drug-likeness (QED) is 0.748. The van der Waals surface area contributed by atoms with Gasteiger partial charge in [-0.1, -0.05) is 12.1 Å². The number of hydrogen-bond acceptors (Lipinski definition) is 4. The van der Waals surface area contributed by atoms with Gasteiger partial charge in [0.15, 0.2) is 5.82 Å². The molecule has 13 heavy (non-hydrogen) atoms. The summed E-state index contributed by atoms with van der Waals surface area (Å²) >= 11 is 0. The zero-order valence-corrected chi connectivity index (χ0v) is 7.92. The van der Waals surface area contributed by atoms with Crippen LogP contribution in [0.15, 0.2) is 4.52 Å². The SMILES string of the molecule is CCc1noc(C[C@@H]2CCNC2)n1. The summed E-state index contributed by atoms with van der Waals surface area (Å²) in [7, 11) is 0. The fourth-order valence-electron chi connectivity index (χ4n) is 1.65. The summed E-state index contributed by atoms with van der Waals surface area (Å²) in [5.74, 6) is 2.30. The molecule has 0 saturated carbocycles. The van der Waals surface area contributed by atoms with Crippen molar-refractivity contribution in [2.75, 3.05) is 13.1 Å². The average Bonchev–Trinajstić information content (AvgIpc) is 2.76. The molecule has 0 spiro atoms. The molecule has 1 fully saturated rings. The largest absolute Gasteiger partial charge is 0.339 e. The number of nitrogens with zero attached hydrogens (tertiary/aromatic N) is 2. The standard InChI is InChI=1S/C9H15N3O/c1-2-8-11-9(13-12-8)5-7-3-4-10-6-7/h7,10H,2-6H2,1H3/t7-/m0/s1. The van der Waals surface area contributed by atoms with E-state index >= 15 is 0 Å². The third-order valence-corrected chi connectivity index (χ3v) is 2.45. The van der Waals surface area contributed by atoms with E-state index in [9.17, 15) is 0 Å². The summed E-state index contributed by atoms with van der Waals surface area (Å²) in [6.07, 6.45) is 3.01. The molecule has 1 aliphatic heterocycles. The molecule has 1 aromatic rings. The molecule has 1 atom stereocenters. The van der Waals surface area contributed by atoms with Gasteiger partial charge in [-0.3, -0.25) is 0 Å². The van der Waals surface area contributed by atoms with Crippen LogP contribution in [-0.4, -0.2) is 23.2 Å². The summed E-state index contributed by atoms with van der Waals surface area (Å²) in [5, 5.41) is 7.19. The smallest absolute Gasteiger partial charge is 0.226 e. The van der Waals surface area contributed by atoms with Crippen LogP contribution in [0.4, 0.5) is 0 Å². The van der Waals surface area contributed by atoms with E-state index in [0.717, 1.165) is 37.6 Å². The maximum absolute atomic E-state index is 5.13. The molecular formula is C9H15N3O. The van der Waals surface area contributed by atoms with Crippen molar-refractivity contribution in [3.63, 3.8) is 0 Å². The van der Waals surface area contributed by atoms with Crippen LogP contribution in [0, 0.1) is 5.92 Å². The number of aryl methyl sites for hydroxylation is 1. The lowest BCUT2D eigenvalue weighted by Gasteiger charge is -2.01. The minimum Gasteiger partial charge on any atom is -0.339 e. The number of nitrogens with one attached hydrogen (secondary N) is 1. The first-order valence-corrected chi connectivity index (χ1v) is 4.90. The Hall–Kier alpha value is -0.900. The molecule has 0 unspecified atom stereocenters. The average molecular weight is 181 g/mol. The molecular weight excluding hydrogens is 166 g/mol. The van der Waals surface area contributed by atoms with Gasteiger partial charge in [-0.2, -0.15) is 4.98 Å². The van der Waals surface area contributed by atoms with E-state index < -0.39 is 0 Å². The molecule has 0 aliphatic carbocycles. The third kappa shape index (κ3) is 2.06. The zero-order valence-electron chi connectivity index (χ0n) is 7.92. The molecule has 1 aromatic heterocycles. The van der Waals surface area contributed by atoms with Gasteiger partial charge in [0.05, 0.1) is 0 Å². The van der Waals surface area contributed by atoms with Crippen LogP contribution in [0.5, 0.6) is 0 Å². The maximum atomic E-state index is 5.13. The first-order chi connectivity index (χ1) is 6.38. The summed E-state index contributed by atoms with van der Waals surface area (Å²) in [6.45, 7) is 4.25. The Labute approximate surface area is 77.7 Å². The van der Waals surface area contributed by atoms with Gasteiger partial charge in [-0.15, -0.1) is 0 Å². The highest BCUT2D eigenvalue weighted by Gasteiger charge is 2.17. The van der Waals surface area contributed by atoms with Crippen molar-refractivity contribution < 1.29 is 4.52 Å². The van der Waals surface area contributed by atoms with Crippen molar-refractivity contribution in [1.82, 2.24) is 15.5 Å². The Morgan fingerprint density at radius 3 is 3.15 bits per heavy atom. The summed E-state index contributed by atoms with van der Waals surface area (Å²) in [5.41, 5.74) is 0. The number of hydrogen-bond donors (Lipinski definition) is 1. The van der Waals surface area contributed by atoms with Crippen molar-refractivity contribution in [1.29, 1.82) is 0 Å². The van der Waals surface area contributed by atoms with Gasteiger partial charge >= 0.3 is 0 Å². The molecule has 2 rings (SSSR count). The second kappa shape index (κ2) is 3.87. The summed E-state index contributed by atoms with van der Waals surface area (Å²) < 4.78 is 5.13. The van der Waals surface area contributed by atoms with E-state index in [-0.39, 0.29) is 0 Å². The van der Waals surface area contributed by atoms with Crippen molar-refractivity contribution in [2.24, 2.45) is 5.92 Å². The van der Waals surface area contributed by atoms with Crippen LogP contribution in [0.3, 0.4) is 0 Å². The van der Waals surface area contributed by atoms with Gasteiger partial charge in [0.1, 0.15) is 0 Å². The van der Waals surface area contributed by atoms with Gasteiger partial charge in [-0.25, -0.2) is 0 Å². The molecule has 0 radical (unpaired) electrons. The van der Waals surface area contributed by atoms with Crippen LogP contribution < -0.4 is 5.32 Å². The highest BCUT2D eigenvalue weighted by atomic mass is 16.5. The van der Waals surface area contributed by atoms with Crippen LogP contribution in [0.25, 0.3) is 0 Å². The fourth-order valence-corrected chi connectivity index (χ4v) is 1.65. The minimum atomic E-state index is 0.685. The molecule has 2 heterocycles. The third-order valence-electron chi connectivity index (χ3n) is 2.45. The van der Waals surface area contributed by atoms with Crippen LogP contribution in [-0.2, 0) is 12.8 Å². The van der Waals surface area contributed by atoms with Crippen molar-refractivity contribution in [3.05, 3.63) is 11.7 Å². The van der Waals surface area contributed by atoms with Crippen molar-refractivity contribution in [2.45, 2.75) is 26.2 Å². The summed E-state index contributed by atoms with van der Waals surface area (Å²) in [6, 6.07) is 0. The number of rotatable bonds is 3.